The molecule has 0 radical (unpaired) electrons. The molecule has 0 saturated heterocycles. The highest BCUT2D eigenvalue weighted by Crippen LogP contribution is 2.33. The Hall–Kier alpha value is -3.73. The Balaban J connectivity index is 1.34. The van der Waals surface area contributed by atoms with Gasteiger partial charge in [0.25, 0.3) is 0 Å². The SMILES string of the molecule is CC(C)(C)[S@](=O)N=Cc1cnc(-c2ccc3ncnc(Nc4ccc(OCc5cccc(F)c5)c(Cl)c4)c3c2)s1. The van der Waals surface area contributed by atoms with Crippen molar-refractivity contribution >= 4 is 62.5 Å². The number of nitrogens with one attached hydrogen (secondary N) is 1. The molecule has 5 aromatic rings. The number of ether oxygens (including phenoxy) is 1. The standard InChI is InChI=1S/C29H25ClFN5O2S2/c1-29(2,3)40(37)35-15-22-14-32-28(39-22)19-7-9-25-23(12-19)27(34-17-33-25)36-21-8-10-26(24(30)13-21)38-16-18-5-4-6-20(31)11-18/h4-15,17H,16H2,1-3H3,(H,33,34,36)/t40-/m0/s1. The van der Waals surface area contributed by atoms with Gasteiger partial charge in [0.15, 0.2) is 0 Å². The predicted octanol–water partition coefficient (Wildman–Crippen LogP) is 7.75. The third-order valence-corrected chi connectivity index (χ3v) is 8.30. The maximum Gasteiger partial charge on any atom is 0.144 e. The molecule has 0 aliphatic heterocycles. The molecule has 7 nitrogen and oxygen atoms in total. The van der Waals surface area contributed by atoms with Gasteiger partial charge in [-0.25, -0.2) is 23.6 Å². The van der Waals surface area contributed by atoms with Crippen molar-refractivity contribution in [1.29, 1.82) is 0 Å². The van der Waals surface area contributed by atoms with Crippen LogP contribution in [-0.4, -0.2) is 30.1 Å². The zero-order valence-corrected chi connectivity index (χ0v) is 24.3. The van der Waals surface area contributed by atoms with Crippen molar-refractivity contribution in [2.75, 3.05) is 5.32 Å². The molecular formula is C29H25ClFN5O2S2. The minimum absolute atomic E-state index is 0.197. The number of rotatable bonds is 8. The molecule has 0 aliphatic carbocycles. The smallest absolute Gasteiger partial charge is 0.144 e. The lowest BCUT2D eigenvalue weighted by Gasteiger charge is -2.12. The molecule has 11 heteroatoms. The van der Waals surface area contributed by atoms with E-state index in [9.17, 15) is 8.60 Å². The second kappa shape index (κ2) is 11.8. The quantitative estimate of drug-likeness (QED) is 0.185. The Morgan fingerprint density at radius 2 is 1.95 bits per heavy atom. The highest BCUT2D eigenvalue weighted by molar-refractivity contribution is 7.85. The van der Waals surface area contributed by atoms with Crippen molar-refractivity contribution in [2.24, 2.45) is 4.40 Å². The summed E-state index contributed by atoms with van der Waals surface area (Å²) >= 11 is 7.94. The number of thiazole rings is 1. The Bertz CT molecular complexity index is 1740. The van der Waals surface area contributed by atoms with Gasteiger partial charge < -0.3 is 10.1 Å². The van der Waals surface area contributed by atoms with Crippen LogP contribution < -0.4 is 10.1 Å². The van der Waals surface area contributed by atoms with E-state index >= 15 is 0 Å². The Kier molecular flexibility index (Phi) is 8.20. The first-order valence-electron chi connectivity index (χ1n) is 12.3. The van der Waals surface area contributed by atoms with Gasteiger partial charge in [-0.1, -0.05) is 23.7 Å². The fourth-order valence-electron chi connectivity index (χ4n) is 3.65. The summed E-state index contributed by atoms with van der Waals surface area (Å²) < 4.78 is 35.2. The predicted molar refractivity (Wildman–Crippen MR) is 162 cm³/mol. The topological polar surface area (TPSA) is 89.4 Å². The second-order valence-electron chi connectivity index (χ2n) is 9.81. The minimum atomic E-state index is -1.34. The molecule has 5 rings (SSSR count). The first-order chi connectivity index (χ1) is 19.2. The van der Waals surface area contributed by atoms with Crippen molar-refractivity contribution in [1.82, 2.24) is 15.0 Å². The number of aromatic nitrogens is 3. The molecule has 0 aliphatic rings. The number of halogens is 2. The van der Waals surface area contributed by atoms with Crippen LogP contribution in [-0.2, 0) is 17.6 Å². The van der Waals surface area contributed by atoms with Crippen LogP contribution in [0.1, 0.15) is 31.2 Å². The van der Waals surface area contributed by atoms with E-state index in [2.05, 4.69) is 24.7 Å². The molecule has 0 spiro atoms. The lowest BCUT2D eigenvalue weighted by molar-refractivity contribution is 0.306. The van der Waals surface area contributed by atoms with E-state index in [1.54, 1.807) is 36.7 Å². The fourth-order valence-corrected chi connectivity index (χ4v) is 5.26. The summed E-state index contributed by atoms with van der Waals surface area (Å²) in [6.07, 6.45) is 4.82. The lowest BCUT2D eigenvalue weighted by atomic mass is 10.1. The van der Waals surface area contributed by atoms with Crippen LogP contribution in [0, 0.1) is 5.82 Å². The number of fused-ring (bicyclic) bond motifs is 1. The van der Waals surface area contributed by atoms with Crippen LogP contribution in [0.2, 0.25) is 5.02 Å². The summed E-state index contributed by atoms with van der Waals surface area (Å²) in [5, 5.41) is 5.32. The van der Waals surface area contributed by atoms with Crippen molar-refractivity contribution in [3.63, 3.8) is 0 Å². The van der Waals surface area contributed by atoms with Gasteiger partial charge in [0.05, 0.1) is 26.4 Å². The fraction of sp³-hybridized carbons (Fsp3) is 0.172. The van der Waals surface area contributed by atoms with Gasteiger partial charge in [0.2, 0.25) is 0 Å². The number of nitrogens with zero attached hydrogens (tertiary/aromatic N) is 4. The molecule has 0 unspecified atom stereocenters. The van der Waals surface area contributed by atoms with Crippen LogP contribution in [0.5, 0.6) is 5.75 Å². The zero-order chi connectivity index (χ0) is 28.3. The van der Waals surface area contributed by atoms with Crippen molar-refractivity contribution in [3.05, 3.63) is 94.5 Å². The zero-order valence-electron chi connectivity index (χ0n) is 21.9. The molecule has 0 fully saturated rings. The van der Waals surface area contributed by atoms with E-state index in [0.29, 0.717) is 27.8 Å². The maximum atomic E-state index is 13.4. The van der Waals surface area contributed by atoms with Gasteiger partial charge >= 0.3 is 0 Å². The van der Waals surface area contributed by atoms with E-state index in [1.807, 2.05) is 45.0 Å². The van der Waals surface area contributed by atoms with Gasteiger partial charge in [-0.2, -0.15) is 4.40 Å². The Morgan fingerprint density at radius 1 is 1.10 bits per heavy atom. The van der Waals surface area contributed by atoms with E-state index in [1.165, 1.54) is 29.8 Å². The first-order valence-corrected chi connectivity index (χ1v) is 14.6. The summed E-state index contributed by atoms with van der Waals surface area (Å²) in [6.45, 7) is 5.84. The summed E-state index contributed by atoms with van der Waals surface area (Å²) in [5.74, 6) is 0.779. The van der Waals surface area contributed by atoms with Gasteiger partial charge in [0.1, 0.15) is 46.3 Å². The summed E-state index contributed by atoms with van der Waals surface area (Å²) in [5.41, 5.74) is 3.08. The van der Waals surface area contributed by atoms with Crippen LogP contribution >= 0.6 is 22.9 Å². The number of hydrogen-bond donors (Lipinski definition) is 1. The molecule has 2 heterocycles. The summed E-state index contributed by atoms with van der Waals surface area (Å²) in [6, 6.07) is 17.4. The Labute approximate surface area is 242 Å². The molecule has 1 atom stereocenters. The second-order valence-corrected chi connectivity index (χ2v) is 13.2. The number of benzene rings is 3. The molecule has 3 aromatic carbocycles. The lowest BCUT2D eigenvalue weighted by Crippen LogP contribution is -2.19. The third kappa shape index (κ3) is 6.70. The molecule has 0 saturated carbocycles. The summed E-state index contributed by atoms with van der Waals surface area (Å²) in [4.78, 5) is 14.2. The molecule has 40 heavy (non-hydrogen) atoms. The van der Waals surface area contributed by atoms with Crippen molar-refractivity contribution < 1.29 is 13.3 Å². The number of anilines is 2. The third-order valence-electron chi connectivity index (χ3n) is 5.68. The highest BCUT2D eigenvalue weighted by Gasteiger charge is 2.18. The molecular weight excluding hydrogens is 569 g/mol. The van der Waals surface area contributed by atoms with Crippen LogP contribution in [0.15, 0.2) is 77.6 Å². The van der Waals surface area contributed by atoms with Gasteiger partial charge in [-0.15, -0.1) is 11.3 Å². The molecule has 204 valence electrons. The minimum Gasteiger partial charge on any atom is -0.487 e. The summed E-state index contributed by atoms with van der Waals surface area (Å²) in [7, 11) is -1.34. The van der Waals surface area contributed by atoms with Crippen LogP contribution in [0.4, 0.5) is 15.9 Å². The number of hydrogen-bond acceptors (Lipinski definition) is 7. The monoisotopic (exact) mass is 593 g/mol. The average Bonchev–Trinajstić information content (AvgIpc) is 3.40. The van der Waals surface area contributed by atoms with Crippen LogP contribution in [0.3, 0.4) is 0 Å². The first kappa shape index (κ1) is 27.8. The molecule has 0 bridgehead atoms. The highest BCUT2D eigenvalue weighted by atomic mass is 35.5. The maximum absolute atomic E-state index is 13.4. The van der Waals surface area contributed by atoms with E-state index in [4.69, 9.17) is 16.3 Å². The molecule has 2 aromatic heterocycles. The largest absolute Gasteiger partial charge is 0.487 e. The van der Waals surface area contributed by atoms with Gasteiger partial charge in [0, 0.05) is 22.8 Å². The van der Waals surface area contributed by atoms with Gasteiger partial charge in [-0.05, 0) is 74.9 Å². The average molecular weight is 594 g/mol. The van der Waals surface area contributed by atoms with Crippen LogP contribution in [0.25, 0.3) is 21.5 Å². The van der Waals surface area contributed by atoms with E-state index in [-0.39, 0.29) is 12.4 Å². The molecule has 1 N–H and O–H groups in total. The van der Waals surface area contributed by atoms with E-state index in [0.717, 1.165) is 26.4 Å². The normalized spacial score (nSPS) is 12.6. The Morgan fingerprint density at radius 3 is 2.73 bits per heavy atom. The van der Waals surface area contributed by atoms with Crippen molar-refractivity contribution in [2.45, 2.75) is 32.1 Å². The van der Waals surface area contributed by atoms with Crippen molar-refractivity contribution in [3.8, 4) is 16.3 Å². The molecule has 0 amide bonds. The van der Waals surface area contributed by atoms with Gasteiger partial charge in [-0.3, -0.25) is 0 Å². The van der Waals surface area contributed by atoms with E-state index < -0.39 is 15.7 Å².